The molecule has 1 aliphatic heterocycles. The molecule has 4 heterocycles. The highest BCUT2D eigenvalue weighted by molar-refractivity contribution is 7.21. The molecule has 4 fully saturated rings. The van der Waals surface area contributed by atoms with Crippen molar-refractivity contribution in [1.82, 2.24) is 19.9 Å². The Balaban J connectivity index is 1.28. The van der Waals surface area contributed by atoms with Gasteiger partial charge in [-0.15, -0.1) is 11.3 Å². The molecule has 0 amide bonds. The summed E-state index contributed by atoms with van der Waals surface area (Å²) < 4.78 is 42.6. The van der Waals surface area contributed by atoms with Crippen LogP contribution in [0.2, 0.25) is 0 Å². The fourth-order valence-corrected chi connectivity index (χ4v) is 7.07. The van der Waals surface area contributed by atoms with Crippen LogP contribution in [-0.2, 0) is 9.47 Å². The second-order valence-electron chi connectivity index (χ2n) is 12.1. The molecule has 8 nitrogen and oxygen atoms in total. The molecule has 4 aliphatic rings. The maximum absolute atomic E-state index is 14.7. The fraction of sp³-hybridized carbons (Fsp3) is 0.643. The number of halogens is 2. The van der Waals surface area contributed by atoms with Gasteiger partial charge < -0.3 is 20.1 Å². The smallest absolute Gasteiger partial charge is 0.250 e. The fourth-order valence-electron chi connectivity index (χ4n) is 6.00. The van der Waals surface area contributed by atoms with Crippen molar-refractivity contribution in [2.45, 2.75) is 95.7 Å². The van der Waals surface area contributed by atoms with Gasteiger partial charge in [0.25, 0.3) is 5.92 Å². The van der Waals surface area contributed by atoms with Crippen molar-refractivity contribution in [1.29, 1.82) is 0 Å². The molecular weight excluding hydrogens is 522 g/mol. The number of pyridine rings is 1. The largest absolute Gasteiger partial charge is 0.364 e. The number of alkyl halides is 2. The Hall–Kier alpha value is -2.50. The van der Waals surface area contributed by atoms with Gasteiger partial charge in [-0.2, -0.15) is 4.98 Å². The quantitative estimate of drug-likeness (QED) is 0.342. The highest BCUT2D eigenvalue weighted by atomic mass is 32.1. The van der Waals surface area contributed by atoms with E-state index in [1.807, 2.05) is 19.2 Å². The van der Waals surface area contributed by atoms with E-state index in [1.165, 1.54) is 12.8 Å². The third-order valence-corrected chi connectivity index (χ3v) is 9.33. The predicted octanol–water partition coefficient (Wildman–Crippen LogP) is 6.13. The van der Waals surface area contributed by atoms with Crippen molar-refractivity contribution in [3.8, 4) is 10.6 Å². The number of aromatic nitrogens is 4. The highest BCUT2D eigenvalue weighted by Crippen LogP contribution is 2.49. The van der Waals surface area contributed by atoms with Crippen molar-refractivity contribution in [3.05, 3.63) is 23.7 Å². The average Bonchev–Trinajstić information content (AvgIpc) is 3.77. The molecule has 11 heteroatoms. The molecule has 3 aliphatic carbocycles. The van der Waals surface area contributed by atoms with E-state index >= 15 is 0 Å². The van der Waals surface area contributed by atoms with E-state index < -0.39 is 35.9 Å². The van der Waals surface area contributed by atoms with Crippen molar-refractivity contribution in [3.63, 3.8) is 0 Å². The first kappa shape index (κ1) is 25.5. The Kier molecular flexibility index (Phi) is 5.88. The van der Waals surface area contributed by atoms with E-state index in [0.717, 1.165) is 58.5 Å². The monoisotopic (exact) mass is 556 g/mol. The normalized spacial score (nSPS) is 28.2. The van der Waals surface area contributed by atoms with Gasteiger partial charge in [0.05, 0.1) is 39.7 Å². The zero-order valence-electron chi connectivity index (χ0n) is 22.6. The van der Waals surface area contributed by atoms with Crippen LogP contribution in [0, 0.1) is 18.8 Å². The van der Waals surface area contributed by atoms with Crippen LogP contribution in [-0.4, -0.2) is 56.4 Å². The highest BCUT2D eigenvalue weighted by Gasteiger charge is 2.59. The van der Waals surface area contributed by atoms with Crippen LogP contribution in [0.15, 0.2) is 12.3 Å². The number of hydrogen-bond donors (Lipinski definition) is 2. The molecule has 2 N–H and O–H groups in total. The first-order valence-electron chi connectivity index (χ1n) is 13.9. The lowest BCUT2D eigenvalue weighted by molar-refractivity contribution is -0.172. The Labute approximate surface area is 230 Å². The number of hydrogen-bond acceptors (Lipinski definition) is 9. The molecule has 0 radical (unpaired) electrons. The second-order valence-corrected chi connectivity index (χ2v) is 13.2. The molecule has 3 aromatic heterocycles. The van der Waals surface area contributed by atoms with Crippen molar-refractivity contribution >= 4 is 33.3 Å². The number of nitrogens with zero attached hydrogens (tertiary/aromatic N) is 4. The Morgan fingerprint density at radius 1 is 1.10 bits per heavy atom. The van der Waals surface area contributed by atoms with Crippen LogP contribution in [0.5, 0.6) is 0 Å². The molecule has 39 heavy (non-hydrogen) atoms. The number of anilines is 2. The van der Waals surface area contributed by atoms with Crippen LogP contribution < -0.4 is 10.6 Å². The van der Waals surface area contributed by atoms with Crippen molar-refractivity contribution in [2.24, 2.45) is 11.8 Å². The van der Waals surface area contributed by atoms with E-state index in [2.05, 4.69) is 15.6 Å². The zero-order valence-corrected chi connectivity index (χ0v) is 23.4. The lowest BCUT2D eigenvalue weighted by atomic mass is 9.98. The summed E-state index contributed by atoms with van der Waals surface area (Å²) in [5.74, 6) is -2.56. The van der Waals surface area contributed by atoms with Gasteiger partial charge in [-0.3, -0.25) is 4.98 Å². The minimum atomic E-state index is -2.90. The van der Waals surface area contributed by atoms with Crippen LogP contribution >= 0.6 is 11.3 Å². The van der Waals surface area contributed by atoms with Crippen LogP contribution in [0.4, 0.5) is 20.5 Å². The Bertz CT molecular complexity index is 1420. The van der Waals surface area contributed by atoms with Crippen molar-refractivity contribution in [2.75, 3.05) is 17.2 Å². The van der Waals surface area contributed by atoms with Gasteiger partial charge in [0.15, 0.2) is 5.79 Å². The summed E-state index contributed by atoms with van der Waals surface area (Å²) in [4.78, 5) is 19.3. The number of fused-ring (bicyclic) bond motifs is 2. The maximum Gasteiger partial charge on any atom is 0.250 e. The molecule has 3 aromatic rings. The Morgan fingerprint density at radius 3 is 2.59 bits per heavy atom. The molecule has 4 atom stereocenters. The van der Waals surface area contributed by atoms with E-state index in [9.17, 15) is 8.78 Å². The summed E-state index contributed by atoms with van der Waals surface area (Å²) in [6, 6.07) is 1.59. The Morgan fingerprint density at radius 2 is 1.87 bits per heavy atom. The first-order valence-corrected chi connectivity index (χ1v) is 14.8. The molecular formula is C28H34F2N6O2S. The lowest BCUT2D eigenvalue weighted by Crippen LogP contribution is -2.36. The van der Waals surface area contributed by atoms with Gasteiger partial charge in [0, 0.05) is 18.7 Å². The summed E-state index contributed by atoms with van der Waals surface area (Å²) in [5, 5.41) is 7.69. The van der Waals surface area contributed by atoms with Gasteiger partial charge in [0.1, 0.15) is 22.4 Å². The number of rotatable bonds is 8. The van der Waals surface area contributed by atoms with Crippen LogP contribution in [0.3, 0.4) is 0 Å². The second kappa shape index (κ2) is 9.01. The third-order valence-electron chi connectivity index (χ3n) is 8.29. The summed E-state index contributed by atoms with van der Waals surface area (Å²) in [6.45, 7) is 7.30. The SMILES string of the molecule is Cc1nc(NCC2CC2)nc(NC2C[C@H](C(C)(F)F)[C@H]3OC(C)(C)O[C@@H]23)c1-c1nc2c(C3CC3)nccc2s1. The molecule has 0 spiro atoms. The van der Waals surface area contributed by atoms with Gasteiger partial charge in [-0.25, -0.2) is 18.7 Å². The van der Waals surface area contributed by atoms with E-state index in [1.54, 1.807) is 25.2 Å². The zero-order chi connectivity index (χ0) is 27.1. The topological polar surface area (TPSA) is 94.1 Å². The molecule has 1 unspecified atom stereocenters. The summed E-state index contributed by atoms with van der Waals surface area (Å²) >= 11 is 1.59. The minimum Gasteiger partial charge on any atom is -0.364 e. The summed E-state index contributed by atoms with van der Waals surface area (Å²) in [6.07, 6.45) is 5.54. The van der Waals surface area contributed by atoms with E-state index in [0.29, 0.717) is 23.6 Å². The summed E-state index contributed by atoms with van der Waals surface area (Å²) in [7, 11) is 0. The van der Waals surface area contributed by atoms with Crippen LogP contribution in [0.25, 0.3) is 20.8 Å². The molecule has 7 rings (SSSR count). The molecule has 0 bridgehead atoms. The molecule has 1 saturated heterocycles. The third kappa shape index (κ3) is 4.86. The standard InChI is InChI=1S/C28H34F2N6O2S/c1-13-19(25-35-21-18(39-25)9-10-31-20(21)15-7-8-15)24(36-26(33-13)32-12-14-5-6-14)34-17-11-16(28(4,29)30)22-23(17)38-27(2,3)37-22/h9-10,14-17,22-23H,5-8,11-12H2,1-4H3,(H2,32,33,34,36)/t16-,17?,22+,23-/m0/s1. The van der Waals surface area contributed by atoms with Gasteiger partial charge >= 0.3 is 0 Å². The molecule has 0 aromatic carbocycles. The predicted molar refractivity (Wildman–Crippen MR) is 146 cm³/mol. The van der Waals surface area contributed by atoms with E-state index in [4.69, 9.17) is 24.4 Å². The van der Waals surface area contributed by atoms with Crippen molar-refractivity contribution < 1.29 is 18.3 Å². The average molecular weight is 557 g/mol. The van der Waals surface area contributed by atoms with E-state index in [-0.39, 0.29) is 6.42 Å². The number of aryl methyl sites for hydroxylation is 1. The molecule has 208 valence electrons. The van der Waals surface area contributed by atoms with Crippen LogP contribution in [0.1, 0.15) is 70.2 Å². The maximum atomic E-state index is 14.7. The van der Waals surface area contributed by atoms with Gasteiger partial charge in [0.2, 0.25) is 5.95 Å². The van der Waals surface area contributed by atoms with Gasteiger partial charge in [-0.1, -0.05) is 0 Å². The molecule has 3 saturated carbocycles. The minimum absolute atomic E-state index is 0.206. The van der Waals surface area contributed by atoms with Gasteiger partial charge in [-0.05, 0) is 71.8 Å². The summed E-state index contributed by atoms with van der Waals surface area (Å²) in [5.41, 5.74) is 3.55. The number of nitrogens with one attached hydrogen (secondary N) is 2. The number of ether oxygens (including phenoxy) is 2. The first-order chi connectivity index (χ1) is 18.6. The lowest BCUT2D eigenvalue weighted by Gasteiger charge is -2.27. The number of thiazole rings is 1.